The lowest BCUT2D eigenvalue weighted by atomic mass is 9.81. The van der Waals surface area contributed by atoms with E-state index in [9.17, 15) is 4.79 Å². The van der Waals surface area contributed by atoms with Crippen molar-refractivity contribution >= 4 is 13.1 Å². The molecule has 1 fully saturated rings. The topological polar surface area (TPSA) is 70.8 Å². The molecule has 0 aromatic heterocycles. The maximum Gasteiger partial charge on any atom is 0.460 e. The minimum absolute atomic E-state index is 0.305. The molecule has 0 aliphatic carbocycles. The third-order valence-corrected chi connectivity index (χ3v) is 3.25. The first-order chi connectivity index (χ1) is 7.19. The summed E-state index contributed by atoms with van der Waals surface area (Å²) in [6, 6.07) is -0.709. The lowest BCUT2D eigenvalue weighted by molar-refractivity contribution is -0.141. The fourth-order valence-corrected chi connectivity index (χ4v) is 1.52. The van der Waals surface area contributed by atoms with Gasteiger partial charge in [0.25, 0.3) is 0 Å². The second kappa shape index (κ2) is 4.35. The molecule has 1 rings (SSSR count). The highest BCUT2D eigenvalue weighted by Crippen LogP contribution is 2.37. The average molecular weight is 229 g/mol. The zero-order chi connectivity index (χ0) is 12.6. The molecule has 1 unspecified atom stereocenters. The van der Waals surface area contributed by atoms with Gasteiger partial charge in [0, 0.05) is 6.32 Å². The molecule has 0 radical (unpaired) electrons. The van der Waals surface area contributed by atoms with E-state index in [4.69, 9.17) is 15.0 Å². The molecule has 1 aliphatic rings. The first-order valence-corrected chi connectivity index (χ1v) is 5.38. The number of nitrogens with two attached hydrogens (primary N) is 1. The van der Waals surface area contributed by atoms with Crippen molar-refractivity contribution in [2.75, 3.05) is 7.11 Å². The van der Waals surface area contributed by atoms with Crippen LogP contribution in [0, 0.1) is 0 Å². The summed E-state index contributed by atoms with van der Waals surface area (Å²) < 4.78 is 16.0. The first-order valence-electron chi connectivity index (χ1n) is 5.38. The molecule has 16 heavy (non-hydrogen) atoms. The zero-order valence-corrected chi connectivity index (χ0v) is 10.6. The van der Waals surface area contributed by atoms with Crippen molar-refractivity contribution in [3.8, 4) is 0 Å². The van der Waals surface area contributed by atoms with Crippen LogP contribution in [0.5, 0.6) is 0 Å². The number of hydrogen-bond donors (Lipinski definition) is 1. The molecule has 6 heteroatoms. The van der Waals surface area contributed by atoms with Crippen LogP contribution in [0.15, 0.2) is 0 Å². The van der Waals surface area contributed by atoms with E-state index in [1.165, 1.54) is 7.11 Å². The van der Waals surface area contributed by atoms with Gasteiger partial charge in [-0.2, -0.15) is 0 Å². The van der Waals surface area contributed by atoms with Gasteiger partial charge in [-0.05, 0) is 27.7 Å². The second-order valence-electron chi connectivity index (χ2n) is 5.05. The van der Waals surface area contributed by atoms with Crippen LogP contribution in [0.25, 0.3) is 0 Å². The Morgan fingerprint density at radius 1 is 1.31 bits per heavy atom. The lowest BCUT2D eigenvalue weighted by Crippen LogP contribution is -2.41. The molecular formula is C10H20BNO4. The molecule has 92 valence electrons. The van der Waals surface area contributed by atoms with E-state index in [2.05, 4.69) is 4.74 Å². The normalized spacial score (nSPS) is 24.2. The first kappa shape index (κ1) is 13.5. The van der Waals surface area contributed by atoms with Crippen LogP contribution in [-0.2, 0) is 18.8 Å². The summed E-state index contributed by atoms with van der Waals surface area (Å²) in [5.41, 5.74) is 4.86. The molecular weight excluding hydrogens is 209 g/mol. The van der Waals surface area contributed by atoms with Crippen molar-refractivity contribution in [2.45, 2.75) is 51.3 Å². The summed E-state index contributed by atoms with van der Waals surface area (Å²) in [6.45, 7) is 7.82. The van der Waals surface area contributed by atoms with E-state index in [-0.39, 0.29) is 0 Å². The molecule has 0 aromatic carbocycles. The number of carbonyl (C=O) groups excluding carboxylic acids is 1. The second-order valence-corrected chi connectivity index (χ2v) is 5.05. The fraction of sp³-hybridized carbons (Fsp3) is 0.900. The third-order valence-electron chi connectivity index (χ3n) is 3.25. The van der Waals surface area contributed by atoms with Crippen molar-refractivity contribution < 1.29 is 18.8 Å². The maximum absolute atomic E-state index is 11.2. The van der Waals surface area contributed by atoms with Gasteiger partial charge in [-0.3, -0.25) is 4.79 Å². The highest BCUT2D eigenvalue weighted by molar-refractivity contribution is 6.46. The summed E-state index contributed by atoms with van der Waals surface area (Å²) in [5.74, 6) is -0.449. The van der Waals surface area contributed by atoms with Crippen molar-refractivity contribution in [3.63, 3.8) is 0 Å². The number of ether oxygens (including phenoxy) is 1. The number of rotatable bonds is 3. The van der Waals surface area contributed by atoms with Crippen LogP contribution >= 0.6 is 0 Å². The van der Waals surface area contributed by atoms with Crippen LogP contribution in [0.3, 0.4) is 0 Å². The van der Waals surface area contributed by atoms with Gasteiger partial charge in [-0.25, -0.2) is 0 Å². The number of methoxy groups -OCH3 is 1. The molecule has 1 atom stereocenters. The Balaban J connectivity index is 2.57. The number of esters is 1. The monoisotopic (exact) mass is 229 g/mol. The SMILES string of the molecule is COC(=O)C(N)CB1OC(C)(C)C(C)(C)O1. The maximum atomic E-state index is 11.2. The van der Waals surface area contributed by atoms with Crippen molar-refractivity contribution in [2.24, 2.45) is 5.73 Å². The lowest BCUT2D eigenvalue weighted by Gasteiger charge is -2.32. The summed E-state index contributed by atoms with van der Waals surface area (Å²) in [6.07, 6.45) is 0.305. The van der Waals surface area contributed by atoms with Crippen LogP contribution < -0.4 is 5.73 Å². The van der Waals surface area contributed by atoms with Crippen LogP contribution in [0.2, 0.25) is 6.32 Å². The Morgan fingerprint density at radius 2 is 1.75 bits per heavy atom. The molecule has 0 amide bonds. The zero-order valence-electron chi connectivity index (χ0n) is 10.6. The summed E-state index contributed by atoms with van der Waals surface area (Å²) >= 11 is 0. The highest BCUT2D eigenvalue weighted by atomic mass is 16.7. The Labute approximate surface area is 96.8 Å². The van der Waals surface area contributed by atoms with Gasteiger partial charge in [-0.15, -0.1) is 0 Å². The van der Waals surface area contributed by atoms with Crippen molar-refractivity contribution in [1.82, 2.24) is 0 Å². The van der Waals surface area contributed by atoms with Crippen molar-refractivity contribution in [1.29, 1.82) is 0 Å². The van der Waals surface area contributed by atoms with E-state index < -0.39 is 30.3 Å². The summed E-state index contributed by atoms with van der Waals surface area (Å²) in [7, 11) is 0.853. The molecule has 0 spiro atoms. The van der Waals surface area contributed by atoms with Crippen LogP contribution in [0.1, 0.15) is 27.7 Å². The van der Waals surface area contributed by atoms with Gasteiger partial charge >= 0.3 is 13.1 Å². The van der Waals surface area contributed by atoms with Crippen LogP contribution in [0.4, 0.5) is 0 Å². The molecule has 0 aromatic rings. The van der Waals surface area contributed by atoms with Gasteiger partial charge in [0.2, 0.25) is 0 Å². The smallest absolute Gasteiger partial charge is 0.460 e. The van der Waals surface area contributed by atoms with E-state index in [1.54, 1.807) is 0 Å². The number of carbonyl (C=O) groups is 1. The molecule has 0 bridgehead atoms. The fourth-order valence-electron chi connectivity index (χ4n) is 1.52. The predicted molar refractivity (Wildman–Crippen MR) is 60.9 cm³/mol. The van der Waals surface area contributed by atoms with Gasteiger partial charge in [0.1, 0.15) is 6.04 Å². The number of hydrogen-bond acceptors (Lipinski definition) is 5. The quantitative estimate of drug-likeness (QED) is 0.566. The minimum Gasteiger partial charge on any atom is -0.468 e. The van der Waals surface area contributed by atoms with Crippen LogP contribution in [-0.4, -0.2) is 37.4 Å². The molecule has 1 saturated heterocycles. The Hall–Kier alpha value is -0.585. The standard InChI is InChI=1S/C10H20BNO4/c1-9(2)10(3,4)16-11(15-9)6-7(12)8(13)14-5/h7H,6,12H2,1-5H3. The Kier molecular flexibility index (Phi) is 3.67. The van der Waals surface area contributed by atoms with E-state index in [0.29, 0.717) is 6.32 Å². The average Bonchev–Trinajstić information content (AvgIpc) is 2.33. The third kappa shape index (κ3) is 2.56. The predicted octanol–water partition coefficient (Wildman–Crippen LogP) is 0.579. The van der Waals surface area contributed by atoms with E-state index in [0.717, 1.165) is 0 Å². The molecule has 2 N–H and O–H groups in total. The Bertz CT molecular complexity index is 264. The van der Waals surface area contributed by atoms with Gasteiger partial charge in [0.05, 0.1) is 18.3 Å². The Morgan fingerprint density at radius 3 is 2.12 bits per heavy atom. The molecule has 1 aliphatic heterocycles. The van der Waals surface area contributed by atoms with Crippen molar-refractivity contribution in [3.05, 3.63) is 0 Å². The largest absolute Gasteiger partial charge is 0.468 e. The van der Waals surface area contributed by atoms with Gasteiger partial charge < -0.3 is 19.8 Å². The molecule has 5 nitrogen and oxygen atoms in total. The molecule has 1 heterocycles. The van der Waals surface area contributed by atoms with E-state index >= 15 is 0 Å². The van der Waals surface area contributed by atoms with Gasteiger partial charge in [0.15, 0.2) is 0 Å². The molecule has 0 saturated carbocycles. The van der Waals surface area contributed by atoms with E-state index in [1.807, 2.05) is 27.7 Å². The minimum atomic E-state index is -0.709. The summed E-state index contributed by atoms with van der Waals surface area (Å²) in [5, 5.41) is 0. The van der Waals surface area contributed by atoms with Gasteiger partial charge in [-0.1, -0.05) is 0 Å². The summed E-state index contributed by atoms with van der Waals surface area (Å²) in [4.78, 5) is 11.2. The highest BCUT2D eigenvalue weighted by Gasteiger charge is 2.51.